The maximum atomic E-state index is 12.1. The van der Waals surface area contributed by atoms with E-state index in [0.717, 1.165) is 32.4 Å². The summed E-state index contributed by atoms with van der Waals surface area (Å²) in [5.41, 5.74) is 0. The Morgan fingerprint density at radius 1 is 1.33 bits per heavy atom. The van der Waals surface area contributed by atoms with Crippen molar-refractivity contribution in [3.8, 4) is 0 Å². The highest BCUT2D eigenvalue weighted by molar-refractivity contribution is 4.82. The number of alkyl halides is 3. The van der Waals surface area contributed by atoms with Crippen LogP contribution in [-0.4, -0.2) is 42.8 Å². The Bertz CT molecular complexity index is 231. The van der Waals surface area contributed by atoms with Crippen LogP contribution < -0.4 is 5.32 Å². The highest BCUT2D eigenvalue weighted by Crippen LogP contribution is 2.23. The number of piperidine rings is 1. The van der Waals surface area contributed by atoms with E-state index >= 15 is 0 Å². The van der Waals surface area contributed by atoms with Crippen molar-refractivity contribution in [2.45, 2.75) is 64.2 Å². The van der Waals surface area contributed by atoms with Gasteiger partial charge in [0.05, 0.1) is 0 Å². The summed E-state index contributed by atoms with van der Waals surface area (Å²) < 4.78 is 36.2. The minimum Gasteiger partial charge on any atom is -0.314 e. The number of hydrogen-bond donors (Lipinski definition) is 1. The Balaban J connectivity index is 2.21. The van der Waals surface area contributed by atoms with E-state index in [1.807, 2.05) is 0 Å². The smallest absolute Gasteiger partial charge is 0.314 e. The summed E-state index contributed by atoms with van der Waals surface area (Å²) in [6.07, 6.45) is -1.22. The van der Waals surface area contributed by atoms with Crippen molar-refractivity contribution in [2.24, 2.45) is 0 Å². The summed E-state index contributed by atoms with van der Waals surface area (Å²) in [6.45, 7) is 6.78. The fourth-order valence-electron chi connectivity index (χ4n) is 2.57. The molecule has 2 atom stereocenters. The third kappa shape index (κ3) is 6.05. The van der Waals surface area contributed by atoms with Gasteiger partial charge < -0.3 is 10.2 Å². The highest BCUT2D eigenvalue weighted by atomic mass is 19.4. The van der Waals surface area contributed by atoms with Crippen LogP contribution in [-0.2, 0) is 0 Å². The molecule has 2 unspecified atom stereocenters. The van der Waals surface area contributed by atoms with Crippen molar-refractivity contribution in [1.82, 2.24) is 10.2 Å². The van der Waals surface area contributed by atoms with Gasteiger partial charge in [0.2, 0.25) is 0 Å². The molecule has 1 saturated heterocycles. The maximum absolute atomic E-state index is 12.1. The predicted molar refractivity (Wildman–Crippen MR) is 67.6 cm³/mol. The molecular weight excluding hydrogens is 241 g/mol. The topological polar surface area (TPSA) is 15.3 Å². The van der Waals surface area contributed by atoms with Crippen molar-refractivity contribution in [2.75, 3.05) is 19.6 Å². The second kappa shape index (κ2) is 7.34. The van der Waals surface area contributed by atoms with Gasteiger partial charge in [0.15, 0.2) is 0 Å². The standard InChI is InChI=1S/C13H25F3N2/c1-3-7-17-12-5-9-18(11(2)10-12)8-4-6-13(14,15)16/h11-12,17H,3-10H2,1-2H3. The first kappa shape index (κ1) is 15.8. The van der Waals surface area contributed by atoms with E-state index in [0.29, 0.717) is 18.6 Å². The van der Waals surface area contributed by atoms with E-state index in [4.69, 9.17) is 0 Å². The molecule has 0 aromatic carbocycles. The molecule has 5 heteroatoms. The van der Waals surface area contributed by atoms with Crippen LogP contribution >= 0.6 is 0 Å². The van der Waals surface area contributed by atoms with Gasteiger partial charge in [-0.3, -0.25) is 0 Å². The summed E-state index contributed by atoms with van der Waals surface area (Å²) in [5.74, 6) is 0. The predicted octanol–water partition coefficient (Wildman–Crippen LogP) is 3.18. The molecular formula is C13H25F3N2. The molecule has 1 aliphatic rings. The number of nitrogens with one attached hydrogen (secondary N) is 1. The quantitative estimate of drug-likeness (QED) is 0.794. The molecule has 0 aromatic rings. The van der Waals surface area contributed by atoms with Crippen molar-refractivity contribution in [1.29, 1.82) is 0 Å². The molecule has 0 bridgehead atoms. The lowest BCUT2D eigenvalue weighted by atomic mass is 9.98. The second-order valence-corrected chi connectivity index (χ2v) is 5.28. The Labute approximate surface area is 108 Å². The van der Waals surface area contributed by atoms with E-state index in [-0.39, 0.29) is 6.42 Å². The Hall–Kier alpha value is -0.290. The summed E-state index contributed by atoms with van der Waals surface area (Å²) in [4.78, 5) is 2.19. The molecule has 1 heterocycles. The molecule has 1 rings (SSSR count). The normalized spacial score (nSPS) is 26.5. The third-order valence-corrected chi connectivity index (χ3v) is 3.60. The van der Waals surface area contributed by atoms with Crippen LogP contribution in [0, 0.1) is 0 Å². The van der Waals surface area contributed by atoms with E-state index in [2.05, 4.69) is 24.1 Å². The van der Waals surface area contributed by atoms with Gasteiger partial charge in [-0.05, 0) is 52.2 Å². The Kier molecular flexibility index (Phi) is 6.43. The van der Waals surface area contributed by atoms with E-state index in [1.165, 1.54) is 0 Å². The summed E-state index contributed by atoms with van der Waals surface area (Å²) in [6, 6.07) is 0.931. The van der Waals surface area contributed by atoms with Crippen molar-refractivity contribution >= 4 is 0 Å². The van der Waals surface area contributed by atoms with Crippen LogP contribution in [0.1, 0.15) is 46.0 Å². The van der Waals surface area contributed by atoms with Crippen LogP contribution in [0.15, 0.2) is 0 Å². The number of hydrogen-bond acceptors (Lipinski definition) is 2. The van der Waals surface area contributed by atoms with Crippen LogP contribution in [0.4, 0.5) is 13.2 Å². The molecule has 0 amide bonds. The molecule has 108 valence electrons. The monoisotopic (exact) mass is 266 g/mol. The highest BCUT2D eigenvalue weighted by Gasteiger charge is 2.28. The first-order valence-electron chi connectivity index (χ1n) is 6.96. The Morgan fingerprint density at radius 3 is 2.61 bits per heavy atom. The molecule has 0 aliphatic carbocycles. The molecule has 1 fully saturated rings. The molecule has 18 heavy (non-hydrogen) atoms. The van der Waals surface area contributed by atoms with E-state index < -0.39 is 12.6 Å². The first-order chi connectivity index (χ1) is 8.42. The zero-order valence-corrected chi connectivity index (χ0v) is 11.4. The van der Waals surface area contributed by atoms with Crippen LogP contribution in [0.5, 0.6) is 0 Å². The molecule has 1 aliphatic heterocycles. The average Bonchev–Trinajstić information content (AvgIpc) is 2.27. The zero-order chi connectivity index (χ0) is 13.6. The van der Waals surface area contributed by atoms with Crippen molar-refractivity contribution in [3.63, 3.8) is 0 Å². The maximum Gasteiger partial charge on any atom is 0.389 e. The van der Waals surface area contributed by atoms with Crippen LogP contribution in [0.2, 0.25) is 0 Å². The van der Waals surface area contributed by atoms with Gasteiger partial charge in [0, 0.05) is 18.5 Å². The van der Waals surface area contributed by atoms with Gasteiger partial charge in [-0.2, -0.15) is 13.2 Å². The number of halogens is 3. The largest absolute Gasteiger partial charge is 0.389 e. The minimum absolute atomic E-state index is 0.223. The average molecular weight is 266 g/mol. The van der Waals surface area contributed by atoms with Crippen molar-refractivity contribution in [3.05, 3.63) is 0 Å². The van der Waals surface area contributed by atoms with Gasteiger partial charge in [0.25, 0.3) is 0 Å². The lowest BCUT2D eigenvalue weighted by molar-refractivity contribution is -0.136. The van der Waals surface area contributed by atoms with Gasteiger partial charge in [-0.15, -0.1) is 0 Å². The lowest BCUT2D eigenvalue weighted by Crippen LogP contribution is -2.47. The number of rotatable bonds is 6. The van der Waals surface area contributed by atoms with Crippen LogP contribution in [0.25, 0.3) is 0 Å². The third-order valence-electron chi connectivity index (χ3n) is 3.60. The van der Waals surface area contributed by atoms with Gasteiger partial charge in [-0.25, -0.2) is 0 Å². The minimum atomic E-state index is -4.01. The number of nitrogens with zero attached hydrogens (tertiary/aromatic N) is 1. The van der Waals surface area contributed by atoms with Crippen LogP contribution in [0.3, 0.4) is 0 Å². The van der Waals surface area contributed by atoms with Crippen molar-refractivity contribution < 1.29 is 13.2 Å². The Morgan fingerprint density at radius 2 is 2.06 bits per heavy atom. The van der Waals surface area contributed by atoms with E-state index in [1.54, 1.807) is 0 Å². The van der Waals surface area contributed by atoms with Gasteiger partial charge in [0.1, 0.15) is 0 Å². The summed E-state index contributed by atoms with van der Waals surface area (Å²) in [5, 5.41) is 3.50. The lowest BCUT2D eigenvalue weighted by Gasteiger charge is -2.38. The molecule has 2 nitrogen and oxygen atoms in total. The molecule has 0 aromatic heterocycles. The molecule has 0 spiro atoms. The molecule has 0 radical (unpaired) electrons. The zero-order valence-electron chi connectivity index (χ0n) is 11.4. The molecule has 0 saturated carbocycles. The fourth-order valence-corrected chi connectivity index (χ4v) is 2.57. The van der Waals surface area contributed by atoms with E-state index in [9.17, 15) is 13.2 Å². The summed E-state index contributed by atoms with van der Waals surface area (Å²) in [7, 11) is 0. The SMILES string of the molecule is CCCNC1CCN(CCCC(F)(F)F)C(C)C1. The fraction of sp³-hybridized carbons (Fsp3) is 1.00. The second-order valence-electron chi connectivity index (χ2n) is 5.28. The molecule has 1 N–H and O–H groups in total. The van der Waals surface area contributed by atoms with Gasteiger partial charge in [-0.1, -0.05) is 6.92 Å². The summed E-state index contributed by atoms with van der Waals surface area (Å²) >= 11 is 0. The first-order valence-corrected chi connectivity index (χ1v) is 6.96. The number of likely N-dealkylation sites (tertiary alicyclic amines) is 1. The van der Waals surface area contributed by atoms with Gasteiger partial charge >= 0.3 is 6.18 Å².